The monoisotopic (exact) mass is 364 g/mol. The standard InChI is InChI=1S/C22H24N2O3/c25-22(23-13-5-9-20-15-24-27-17-20)12-11-18-8-4-10-21(14-18)26-16-19-6-2-1-3-7-19/h1-4,6-8,10,14-15,17H,5,9,11-13,16H2,(H,23,25). The van der Waals surface area contributed by atoms with Crippen LogP contribution in [0.2, 0.25) is 0 Å². The van der Waals surface area contributed by atoms with Crippen molar-refractivity contribution in [2.45, 2.75) is 32.3 Å². The van der Waals surface area contributed by atoms with Crippen molar-refractivity contribution in [3.63, 3.8) is 0 Å². The smallest absolute Gasteiger partial charge is 0.220 e. The number of benzene rings is 2. The second-order valence-corrected chi connectivity index (χ2v) is 6.41. The van der Waals surface area contributed by atoms with Crippen molar-refractivity contribution in [1.29, 1.82) is 0 Å². The number of amides is 1. The number of ether oxygens (including phenoxy) is 1. The van der Waals surface area contributed by atoms with Crippen LogP contribution < -0.4 is 10.1 Å². The molecule has 0 spiro atoms. The molecule has 0 unspecified atom stereocenters. The summed E-state index contributed by atoms with van der Waals surface area (Å²) in [6.45, 7) is 1.20. The molecule has 27 heavy (non-hydrogen) atoms. The van der Waals surface area contributed by atoms with Crippen LogP contribution in [0.5, 0.6) is 5.75 Å². The maximum absolute atomic E-state index is 12.0. The van der Waals surface area contributed by atoms with Gasteiger partial charge in [0.1, 0.15) is 18.6 Å². The Balaban J connectivity index is 1.36. The first kappa shape index (κ1) is 18.7. The molecule has 1 heterocycles. The predicted octanol–water partition coefficient (Wildman–Crippen LogP) is 3.94. The van der Waals surface area contributed by atoms with E-state index in [4.69, 9.17) is 9.26 Å². The van der Waals surface area contributed by atoms with Crippen LogP contribution in [-0.4, -0.2) is 17.6 Å². The fourth-order valence-electron chi connectivity index (χ4n) is 2.75. The first-order valence-corrected chi connectivity index (χ1v) is 9.20. The van der Waals surface area contributed by atoms with Gasteiger partial charge in [0.2, 0.25) is 5.91 Å². The van der Waals surface area contributed by atoms with Gasteiger partial charge in [-0.1, -0.05) is 47.6 Å². The average Bonchev–Trinajstić information content (AvgIpc) is 3.23. The molecule has 5 nitrogen and oxygen atoms in total. The van der Waals surface area contributed by atoms with Crippen LogP contribution in [0.25, 0.3) is 0 Å². The maximum Gasteiger partial charge on any atom is 0.220 e. The second kappa shape index (κ2) is 10.2. The van der Waals surface area contributed by atoms with Gasteiger partial charge < -0.3 is 14.6 Å². The Morgan fingerprint density at radius 3 is 2.67 bits per heavy atom. The molecule has 0 aliphatic rings. The highest BCUT2D eigenvalue weighted by atomic mass is 16.5. The highest BCUT2D eigenvalue weighted by Crippen LogP contribution is 2.16. The summed E-state index contributed by atoms with van der Waals surface area (Å²) >= 11 is 0. The van der Waals surface area contributed by atoms with E-state index in [1.54, 1.807) is 12.5 Å². The average molecular weight is 364 g/mol. The molecule has 0 fully saturated rings. The zero-order valence-electron chi connectivity index (χ0n) is 15.3. The SMILES string of the molecule is O=C(CCc1cccc(OCc2ccccc2)c1)NCCCc1cnoc1. The van der Waals surface area contributed by atoms with Crippen molar-refractivity contribution < 1.29 is 14.1 Å². The van der Waals surface area contributed by atoms with E-state index in [0.29, 0.717) is 26.0 Å². The minimum Gasteiger partial charge on any atom is -0.489 e. The summed E-state index contributed by atoms with van der Waals surface area (Å²) in [6.07, 6.45) is 6.22. The molecular weight excluding hydrogens is 340 g/mol. The number of carbonyl (C=O) groups excluding carboxylic acids is 1. The largest absolute Gasteiger partial charge is 0.489 e. The van der Waals surface area contributed by atoms with E-state index >= 15 is 0 Å². The molecular formula is C22H24N2O3. The first-order valence-electron chi connectivity index (χ1n) is 9.20. The molecule has 5 heteroatoms. The lowest BCUT2D eigenvalue weighted by Crippen LogP contribution is -2.24. The minimum absolute atomic E-state index is 0.0657. The van der Waals surface area contributed by atoms with Gasteiger partial charge in [0.25, 0.3) is 0 Å². The van der Waals surface area contributed by atoms with E-state index < -0.39 is 0 Å². The topological polar surface area (TPSA) is 64.4 Å². The first-order chi connectivity index (χ1) is 13.3. The van der Waals surface area contributed by atoms with Crippen molar-refractivity contribution >= 4 is 5.91 Å². The zero-order valence-corrected chi connectivity index (χ0v) is 15.3. The van der Waals surface area contributed by atoms with Gasteiger partial charge in [0.05, 0.1) is 6.20 Å². The van der Waals surface area contributed by atoms with Gasteiger partial charge in [-0.25, -0.2) is 0 Å². The third kappa shape index (κ3) is 6.62. The van der Waals surface area contributed by atoms with Crippen molar-refractivity contribution in [3.8, 4) is 5.75 Å². The van der Waals surface area contributed by atoms with Gasteiger partial charge >= 0.3 is 0 Å². The Kier molecular flexibility index (Phi) is 7.04. The molecule has 3 rings (SSSR count). The molecule has 1 N–H and O–H groups in total. The summed E-state index contributed by atoms with van der Waals surface area (Å²) in [6, 6.07) is 18.0. The van der Waals surface area contributed by atoms with Crippen LogP contribution in [0.1, 0.15) is 29.5 Å². The van der Waals surface area contributed by atoms with Gasteiger partial charge in [-0.2, -0.15) is 0 Å². The third-order valence-electron chi connectivity index (χ3n) is 4.24. The van der Waals surface area contributed by atoms with E-state index in [0.717, 1.165) is 35.3 Å². The number of rotatable bonds is 10. The van der Waals surface area contributed by atoms with Crippen molar-refractivity contribution in [3.05, 3.63) is 83.7 Å². The number of nitrogens with one attached hydrogen (secondary N) is 1. The van der Waals surface area contributed by atoms with E-state index in [2.05, 4.69) is 10.5 Å². The fourth-order valence-corrected chi connectivity index (χ4v) is 2.75. The Labute approximate surface area is 159 Å². The molecule has 0 radical (unpaired) electrons. The molecule has 0 aliphatic carbocycles. The van der Waals surface area contributed by atoms with Crippen molar-refractivity contribution in [1.82, 2.24) is 10.5 Å². The Morgan fingerprint density at radius 1 is 1.00 bits per heavy atom. The van der Waals surface area contributed by atoms with Crippen LogP contribution >= 0.6 is 0 Å². The molecule has 0 saturated heterocycles. The van der Waals surface area contributed by atoms with E-state index in [1.165, 1.54) is 0 Å². The van der Waals surface area contributed by atoms with Crippen molar-refractivity contribution in [2.75, 3.05) is 6.54 Å². The number of aromatic nitrogens is 1. The van der Waals surface area contributed by atoms with Gasteiger partial charge in [0.15, 0.2) is 0 Å². The lowest BCUT2D eigenvalue weighted by atomic mass is 10.1. The van der Waals surface area contributed by atoms with Crippen molar-refractivity contribution in [2.24, 2.45) is 0 Å². The van der Waals surface area contributed by atoms with Crippen LogP contribution in [0.3, 0.4) is 0 Å². The molecule has 1 amide bonds. The van der Waals surface area contributed by atoms with E-state index in [1.807, 2.05) is 54.6 Å². The van der Waals surface area contributed by atoms with Crippen LogP contribution in [-0.2, 0) is 24.2 Å². The fraction of sp³-hybridized carbons (Fsp3) is 0.273. The molecule has 0 aliphatic heterocycles. The van der Waals surface area contributed by atoms with Gasteiger partial charge in [0, 0.05) is 18.5 Å². The number of hydrogen-bond acceptors (Lipinski definition) is 4. The summed E-state index contributed by atoms with van der Waals surface area (Å²) in [4.78, 5) is 12.0. The summed E-state index contributed by atoms with van der Waals surface area (Å²) < 4.78 is 10.6. The number of hydrogen-bond donors (Lipinski definition) is 1. The quantitative estimate of drug-likeness (QED) is 0.554. The Bertz CT molecular complexity index is 817. The predicted molar refractivity (Wildman–Crippen MR) is 103 cm³/mol. The summed E-state index contributed by atoms with van der Waals surface area (Å²) in [7, 11) is 0. The number of nitrogens with zero attached hydrogens (tertiary/aromatic N) is 1. The lowest BCUT2D eigenvalue weighted by Gasteiger charge is -2.09. The molecule has 3 aromatic rings. The second-order valence-electron chi connectivity index (χ2n) is 6.41. The molecule has 1 aromatic heterocycles. The van der Waals surface area contributed by atoms with Crippen LogP contribution in [0.4, 0.5) is 0 Å². The molecule has 0 atom stereocenters. The van der Waals surface area contributed by atoms with Gasteiger partial charge in [-0.05, 0) is 42.5 Å². The maximum atomic E-state index is 12.0. The van der Waals surface area contributed by atoms with Gasteiger partial charge in [-0.15, -0.1) is 0 Å². The summed E-state index contributed by atoms with van der Waals surface area (Å²) in [5, 5.41) is 6.62. The van der Waals surface area contributed by atoms with E-state index in [-0.39, 0.29) is 5.91 Å². The molecule has 140 valence electrons. The molecule has 0 saturated carbocycles. The van der Waals surface area contributed by atoms with Gasteiger partial charge in [-0.3, -0.25) is 4.79 Å². The summed E-state index contributed by atoms with van der Waals surface area (Å²) in [5.74, 6) is 0.890. The van der Waals surface area contributed by atoms with E-state index in [9.17, 15) is 4.79 Å². The summed E-state index contributed by atoms with van der Waals surface area (Å²) in [5.41, 5.74) is 3.28. The highest BCUT2D eigenvalue weighted by molar-refractivity contribution is 5.76. The number of carbonyl (C=O) groups is 1. The third-order valence-corrected chi connectivity index (χ3v) is 4.24. The Morgan fingerprint density at radius 2 is 1.85 bits per heavy atom. The molecule has 0 bridgehead atoms. The highest BCUT2D eigenvalue weighted by Gasteiger charge is 2.04. The number of aryl methyl sites for hydroxylation is 2. The normalized spacial score (nSPS) is 10.5. The van der Waals surface area contributed by atoms with Crippen LogP contribution in [0.15, 0.2) is 71.6 Å². The zero-order chi connectivity index (χ0) is 18.7. The Hall–Kier alpha value is -3.08. The lowest BCUT2D eigenvalue weighted by molar-refractivity contribution is -0.121. The molecule has 2 aromatic carbocycles. The van der Waals surface area contributed by atoms with Crippen LogP contribution in [0, 0.1) is 0 Å². The minimum atomic E-state index is 0.0657.